The van der Waals surface area contributed by atoms with Crippen LogP contribution < -0.4 is 4.57 Å². The van der Waals surface area contributed by atoms with Gasteiger partial charge < -0.3 is 4.74 Å². The van der Waals surface area contributed by atoms with E-state index in [2.05, 4.69) is 22.3 Å². The first-order valence-corrected chi connectivity index (χ1v) is 4.25. The van der Waals surface area contributed by atoms with Crippen molar-refractivity contribution in [3.63, 3.8) is 0 Å². The third-order valence-corrected chi connectivity index (χ3v) is 1.67. The van der Waals surface area contributed by atoms with Crippen LogP contribution in [0.2, 0.25) is 0 Å². The Kier molecular flexibility index (Phi) is 3.82. The van der Waals surface area contributed by atoms with E-state index in [1.165, 1.54) is 6.26 Å². The molecule has 1 heterocycles. The zero-order valence-corrected chi connectivity index (χ0v) is 7.72. The van der Waals surface area contributed by atoms with Crippen molar-refractivity contribution in [1.82, 2.24) is 4.57 Å². The second kappa shape index (κ2) is 5.19. The third kappa shape index (κ3) is 3.15. The molecule has 0 N–H and O–H groups in total. The van der Waals surface area contributed by atoms with Crippen molar-refractivity contribution in [1.29, 1.82) is 0 Å². The van der Waals surface area contributed by atoms with Crippen LogP contribution in [0.1, 0.15) is 0 Å². The van der Waals surface area contributed by atoms with Crippen LogP contribution in [0.3, 0.4) is 0 Å². The van der Waals surface area contributed by atoms with Crippen molar-refractivity contribution >= 4 is 0 Å². The summed E-state index contributed by atoms with van der Waals surface area (Å²) in [5.41, 5.74) is 0. The molecule has 0 radical (unpaired) electrons. The van der Waals surface area contributed by atoms with Crippen molar-refractivity contribution in [2.75, 3.05) is 6.61 Å². The molecule has 0 saturated heterocycles. The molecule has 1 aromatic heterocycles. The second-order valence-electron chi connectivity index (χ2n) is 2.67. The minimum Gasteiger partial charge on any atom is -0.498 e. The fourth-order valence-electron chi connectivity index (χ4n) is 1.07. The molecule has 0 unspecified atom stereocenters. The molecule has 3 nitrogen and oxygen atoms in total. The Bertz CT molecular complexity index is 278. The number of allylic oxidation sites excluding steroid dienone is 1. The summed E-state index contributed by atoms with van der Waals surface area (Å²) in [4.78, 5) is 0. The molecule has 0 aliphatic rings. The summed E-state index contributed by atoms with van der Waals surface area (Å²) in [7, 11) is 0. The molecule has 0 amide bonds. The van der Waals surface area contributed by atoms with Gasteiger partial charge in [-0.1, -0.05) is 19.2 Å². The molecule has 13 heavy (non-hydrogen) atoms. The quantitative estimate of drug-likeness (QED) is 0.277. The lowest BCUT2D eigenvalue weighted by Crippen LogP contribution is -2.29. The number of rotatable bonds is 6. The maximum Gasteiger partial charge on any atom is 0.244 e. The van der Waals surface area contributed by atoms with Gasteiger partial charge in [0.25, 0.3) is 0 Å². The highest BCUT2D eigenvalue weighted by Gasteiger charge is 2.00. The minimum atomic E-state index is 0.659. The SMILES string of the molecule is C=CC[n+]1ccn(CCOC=C)c1. The number of hydrogen-bond acceptors (Lipinski definition) is 1. The molecule has 0 spiro atoms. The van der Waals surface area contributed by atoms with Crippen molar-refractivity contribution in [2.45, 2.75) is 13.1 Å². The maximum absolute atomic E-state index is 5.02. The van der Waals surface area contributed by atoms with Gasteiger partial charge in [0.15, 0.2) is 0 Å². The Labute approximate surface area is 78.6 Å². The summed E-state index contributed by atoms with van der Waals surface area (Å²) < 4.78 is 9.14. The summed E-state index contributed by atoms with van der Waals surface area (Å²) >= 11 is 0. The van der Waals surface area contributed by atoms with E-state index < -0.39 is 0 Å². The average molecular weight is 179 g/mol. The Morgan fingerprint density at radius 2 is 2.31 bits per heavy atom. The molecule has 0 aliphatic carbocycles. The van der Waals surface area contributed by atoms with Gasteiger partial charge >= 0.3 is 0 Å². The van der Waals surface area contributed by atoms with E-state index in [-0.39, 0.29) is 0 Å². The molecular weight excluding hydrogens is 164 g/mol. The van der Waals surface area contributed by atoms with Crippen LogP contribution in [-0.4, -0.2) is 11.2 Å². The Hall–Kier alpha value is -1.51. The van der Waals surface area contributed by atoms with Crippen molar-refractivity contribution in [2.24, 2.45) is 0 Å². The Morgan fingerprint density at radius 1 is 1.46 bits per heavy atom. The summed E-state index contributed by atoms with van der Waals surface area (Å²) in [6.45, 7) is 9.49. The molecule has 0 atom stereocenters. The van der Waals surface area contributed by atoms with Crippen LogP contribution in [0.5, 0.6) is 0 Å². The highest BCUT2D eigenvalue weighted by atomic mass is 16.5. The average Bonchev–Trinajstić information content (AvgIpc) is 2.54. The molecule has 0 aromatic carbocycles. The van der Waals surface area contributed by atoms with Crippen LogP contribution in [0.15, 0.2) is 44.2 Å². The standard InChI is InChI=1S/C10H15N2O/c1-3-5-11-6-7-12(10-11)8-9-13-4-2/h3-4,6-7,10H,1-2,5,8-9H2/q+1. The Morgan fingerprint density at radius 3 is 3.00 bits per heavy atom. The largest absolute Gasteiger partial charge is 0.498 e. The van der Waals surface area contributed by atoms with Gasteiger partial charge in [-0.25, -0.2) is 9.13 Å². The van der Waals surface area contributed by atoms with E-state index >= 15 is 0 Å². The highest BCUT2D eigenvalue weighted by molar-refractivity contribution is 4.68. The molecule has 0 saturated carbocycles. The Balaban J connectivity index is 2.39. The topological polar surface area (TPSA) is 18.0 Å². The summed E-state index contributed by atoms with van der Waals surface area (Å²) in [5, 5.41) is 0. The van der Waals surface area contributed by atoms with Crippen LogP contribution >= 0.6 is 0 Å². The lowest BCUT2D eigenvalue weighted by atomic mass is 10.6. The number of nitrogens with zero attached hydrogens (tertiary/aromatic N) is 2. The number of ether oxygens (including phenoxy) is 1. The van der Waals surface area contributed by atoms with E-state index in [0.717, 1.165) is 13.1 Å². The van der Waals surface area contributed by atoms with Gasteiger partial charge in [0.1, 0.15) is 32.1 Å². The molecule has 3 heteroatoms. The monoisotopic (exact) mass is 179 g/mol. The number of imidazole rings is 1. The van der Waals surface area contributed by atoms with Crippen molar-refractivity contribution < 1.29 is 9.30 Å². The minimum absolute atomic E-state index is 0.659. The van der Waals surface area contributed by atoms with Gasteiger partial charge in [0, 0.05) is 0 Å². The summed E-state index contributed by atoms with van der Waals surface area (Å²) in [6, 6.07) is 0. The number of hydrogen-bond donors (Lipinski definition) is 0. The van der Waals surface area contributed by atoms with Crippen LogP contribution in [0, 0.1) is 0 Å². The molecule has 0 fully saturated rings. The molecule has 0 aliphatic heterocycles. The van der Waals surface area contributed by atoms with E-state index in [9.17, 15) is 0 Å². The van der Waals surface area contributed by atoms with Crippen LogP contribution in [0.4, 0.5) is 0 Å². The molecular formula is C10H15N2O+. The first-order chi connectivity index (χ1) is 6.36. The molecule has 1 rings (SSSR count). The van der Waals surface area contributed by atoms with E-state index in [1.807, 2.05) is 24.8 Å². The summed E-state index contributed by atoms with van der Waals surface area (Å²) in [5.74, 6) is 0. The normalized spacial score (nSPS) is 9.54. The number of aromatic nitrogens is 2. The van der Waals surface area contributed by atoms with Crippen LogP contribution in [0.25, 0.3) is 0 Å². The van der Waals surface area contributed by atoms with Crippen LogP contribution in [-0.2, 0) is 17.8 Å². The van der Waals surface area contributed by atoms with Gasteiger partial charge in [-0.3, -0.25) is 0 Å². The van der Waals surface area contributed by atoms with Gasteiger partial charge in [0.2, 0.25) is 6.33 Å². The fraction of sp³-hybridized carbons (Fsp3) is 0.300. The predicted molar refractivity (Wildman–Crippen MR) is 51.0 cm³/mol. The molecule has 70 valence electrons. The maximum atomic E-state index is 5.02. The van der Waals surface area contributed by atoms with Gasteiger partial charge in [0.05, 0.1) is 6.26 Å². The lowest BCUT2D eigenvalue weighted by molar-refractivity contribution is -0.686. The first-order valence-electron chi connectivity index (χ1n) is 4.25. The van der Waals surface area contributed by atoms with Gasteiger partial charge in [-0.05, 0) is 0 Å². The third-order valence-electron chi connectivity index (χ3n) is 1.67. The molecule has 1 aromatic rings. The van der Waals surface area contributed by atoms with E-state index in [1.54, 1.807) is 0 Å². The van der Waals surface area contributed by atoms with E-state index in [4.69, 9.17) is 4.74 Å². The van der Waals surface area contributed by atoms with Crippen molar-refractivity contribution in [3.05, 3.63) is 44.2 Å². The van der Waals surface area contributed by atoms with E-state index in [0.29, 0.717) is 6.61 Å². The summed E-state index contributed by atoms with van der Waals surface area (Å²) in [6.07, 6.45) is 9.37. The first kappa shape index (κ1) is 9.58. The van der Waals surface area contributed by atoms with Gasteiger partial charge in [-0.2, -0.15) is 0 Å². The lowest BCUT2D eigenvalue weighted by Gasteiger charge is -1.95. The zero-order valence-electron chi connectivity index (χ0n) is 7.72. The van der Waals surface area contributed by atoms with Gasteiger partial charge in [-0.15, -0.1) is 0 Å². The fourth-order valence-corrected chi connectivity index (χ4v) is 1.07. The smallest absolute Gasteiger partial charge is 0.244 e. The highest BCUT2D eigenvalue weighted by Crippen LogP contribution is 1.86. The molecule has 0 bridgehead atoms. The second-order valence-corrected chi connectivity index (χ2v) is 2.67. The van der Waals surface area contributed by atoms with Crippen molar-refractivity contribution in [3.8, 4) is 0 Å². The predicted octanol–water partition coefficient (Wildman–Crippen LogP) is 1.12. The zero-order chi connectivity index (χ0) is 9.52.